The van der Waals surface area contributed by atoms with Gasteiger partial charge in [-0.2, -0.15) is 5.10 Å². The molecule has 3 rings (SSSR count). The zero-order valence-electron chi connectivity index (χ0n) is 12.8. The van der Waals surface area contributed by atoms with E-state index in [0.717, 1.165) is 26.1 Å². The number of halogens is 1. The second-order valence-corrected chi connectivity index (χ2v) is 6.34. The molecule has 7 heteroatoms. The van der Waals surface area contributed by atoms with Crippen LogP contribution < -0.4 is 4.74 Å². The Labute approximate surface area is 152 Å². The molecule has 0 aliphatic carbocycles. The topological polar surface area (TPSA) is 70.2 Å². The first-order valence-corrected chi connectivity index (χ1v) is 8.25. The SMILES string of the molecule is COc1ccc(Cn2cc(I)c(-c3cccc([N+](=O)[O-])c3)n2)cc1. The van der Waals surface area contributed by atoms with E-state index in [1.165, 1.54) is 6.07 Å². The van der Waals surface area contributed by atoms with Crippen LogP contribution in [0.2, 0.25) is 0 Å². The Hall–Kier alpha value is -2.42. The maximum atomic E-state index is 10.9. The maximum Gasteiger partial charge on any atom is 0.270 e. The van der Waals surface area contributed by atoms with E-state index in [1.807, 2.05) is 41.2 Å². The van der Waals surface area contributed by atoms with Crippen LogP contribution in [0.15, 0.2) is 54.7 Å². The number of rotatable bonds is 5. The molecule has 0 saturated heterocycles. The van der Waals surface area contributed by atoms with Crippen LogP contribution in [0.4, 0.5) is 5.69 Å². The summed E-state index contributed by atoms with van der Waals surface area (Å²) in [5.41, 5.74) is 2.64. The molecule has 0 fully saturated rings. The van der Waals surface area contributed by atoms with Crippen LogP contribution in [0.25, 0.3) is 11.3 Å². The third-order valence-corrected chi connectivity index (χ3v) is 4.34. The Balaban J connectivity index is 1.87. The van der Waals surface area contributed by atoms with Gasteiger partial charge in [0.2, 0.25) is 0 Å². The number of hydrogen-bond donors (Lipinski definition) is 0. The lowest BCUT2D eigenvalue weighted by Gasteiger charge is -2.04. The zero-order chi connectivity index (χ0) is 17.1. The molecule has 0 bridgehead atoms. The van der Waals surface area contributed by atoms with Crippen LogP contribution in [-0.2, 0) is 6.54 Å². The molecule has 0 radical (unpaired) electrons. The number of hydrogen-bond acceptors (Lipinski definition) is 4. The molecule has 0 spiro atoms. The van der Waals surface area contributed by atoms with Crippen LogP contribution in [0, 0.1) is 13.7 Å². The average molecular weight is 435 g/mol. The predicted octanol–water partition coefficient (Wildman–Crippen LogP) is 4.12. The molecule has 0 aliphatic rings. The van der Waals surface area contributed by atoms with Crippen molar-refractivity contribution < 1.29 is 9.66 Å². The second kappa shape index (κ2) is 7.00. The number of aromatic nitrogens is 2. The second-order valence-electron chi connectivity index (χ2n) is 5.18. The van der Waals surface area contributed by atoms with Gasteiger partial charge < -0.3 is 4.74 Å². The number of non-ortho nitro benzene ring substituents is 1. The molecule has 1 aromatic heterocycles. The highest BCUT2D eigenvalue weighted by Crippen LogP contribution is 2.27. The lowest BCUT2D eigenvalue weighted by atomic mass is 10.1. The van der Waals surface area contributed by atoms with E-state index in [2.05, 4.69) is 27.7 Å². The van der Waals surface area contributed by atoms with Crippen LogP contribution in [0.1, 0.15) is 5.56 Å². The number of nitro groups is 1. The number of nitro benzene ring substituents is 1. The molecule has 0 N–H and O–H groups in total. The van der Waals surface area contributed by atoms with E-state index in [0.29, 0.717) is 6.54 Å². The highest BCUT2D eigenvalue weighted by molar-refractivity contribution is 14.1. The first-order valence-electron chi connectivity index (χ1n) is 7.17. The van der Waals surface area contributed by atoms with Gasteiger partial charge in [0, 0.05) is 23.9 Å². The summed E-state index contributed by atoms with van der Waals surface area (Å²) in [6, 6.07) is 14.3. The molecule has 0 unspecified atom stereocenters. The minimum atomic E-state index is -0.398. The molecule has 0 amide bonds. The first-order chi connectivity index (χ1) is 11.6. The predicted molar refractivity (Wildman–Crippen MR) is 99.1 cm³/mol. The maximum absolute atomic E-state index is 10.9. The molecule has 0 aliphatic heterocycles. The van der Waals surface area contributed by atoms with Crippen LogP contribution in [0.5, 0.6) is 5.75 Å². The molecule has 2 aromatic carbocycles. The molecular weight excluding hydrogens is 421 g/mol. The zero-order valence-corrected chi connectivity index (χ0v) is 15.0. The van der Waals surface area contributed by atoms with Crippen LogP contribution in [-0.4, -0.2) is 21.8 Å². The fraction of sp³-hybridized carbons (Fsp3) is 0.118. The summed E-state index contributed by atoms with van der Waals surface area (Å²) in [6.45, 7) is 0.620. The number of benzene rings is 2. The minimum absolute atomic E-state index is 0.0630. The largest absolute Gasteiger partial charge is 0.497 e. The molecule has 24 heavy (non-hydrogen) atoms. The van der Waals surface area contributed by atoms with E-state index >= 15 is 0 Å². The lowest BCUT2D eigenvalue weighted by Crippen LogP contribution is -2.00. The van der Waals surface area contributed by atoms with Gasteiger partial charge in [0.1, 0.15) is 11.4 Å². The van der Waals surface area contributed by atoms with E-state index in [9.17, 15) is 10.1 Å². The lowest BCUT2D eigenvalue weighted by molar-refractivity contribution is -0.384. The highest BCUT2D eigenvalue weighted by atomic mass is 127. The molecule has 0 atom stereocenters. The summed E-state index contributed by atoms with van der Waals surface area (Å²) in [5, 5.41) is 15.5. The standard InChI is InChI=1S/C17H14IN3O3/c1-24-15-7-5-12(6-8-15)10-20-11-16(18)17(19-20)13-3-2-4-14(9-13)21(22)23/h2-9,11H,10H2,1H3. The van der Waals surface area contributed by atoms with Gasteiger partial charge in [-0.3, -0.25) is 14.8 Å². The van der Waals surface area contributed by atoms with Crippen molar-refractivity contribution in [1.82, 2.24) is 9.78 Å². The van der Waals surface area contributed by atoms with E-state index < -0.39 is 4.92 Å². The Morgan fingerprint density at radius 2 is 2.00 bits per heavy atom. The quantitative estimate of drug-likeness (QED) is 0.344. The van der Waals surface area contributed by atoms with Gasteiger partial charge in [0.25, 0.3) is 5.69 Å². The molecule has 3 aromatic rings. The molecule has 0 saturated carbocycles. The molecular formula is C17H14IN3O3. The van der Waals surface area contributed by atoms with Crippen LogP contribution >= 0.6 is 22.6 Å². The summed E-state index contributed by atoms with van der Waals surface area (Å²) in [6.07, 6.45) is 1.93. The van der Waals surface area contributed by atoms with E-state index in [1.54, 1.807) is 19.2 Å². The number of methoxy groups -OCH3 is 1. The van der Waals surface area contributed by atoms with Gasteiger partial charge in [-0.25, -0.2) is 0 Å². The van der Waals surface area contributed by atoms with Crippen molar-refractivity contribution in [3.8, 4) is 17.0 Å². The molecule has 1 heterocycles. The minimum Gasteiger partial charge on any atom is -0.497 e. The number of nitrogens with zero attached hydrogens (tertiary/aromatic N) is 3. The smallest absolute Gasteiger partial charge is 0.270 e. The van der Waals surface area contributed by atoms with E-state index in [4.69, 9.17) is 4.74 Å². The first kappa shape index (κ1) is 16.4. The third-order valence-electron chi connectivity index (χ3n) is 3.55. The monoisotopic (exact) mass is 435 g/mol. The Bertz CT molecular complexity index is 875. The van der Waals surface area contributed by atoms with E-state index in [-0.39, 0.29) is 5.69 Å². The summed E-state index contributed by atoms with van der Waals surface area (Å²) < 4.78 is 7.93. The van der Waals surface area contributed by atoms with Gasteiger partial charge >= 0.3 is 0 Å². The summed E-state index contributed by atoms with van der Waals surface area (Å²) >= 11 is 2.19. The Morgan fingerprint density at radius 1 is 1.25 bits per heavy atom. The van der Waals surface area contributed by atoms with Crippen LogP contribution in [0.3, 0.4) is 0 Å². The fourth-order valence-electron chi connectivity index (χ4n) is 2.36. The van der Waals surface area contributed by atoms with Crippen molar-refractivity contribution in [3.63, 3.8) is 0 Å². The van der Waals surface area contributed by atoms with Crippen molar-refractivity contribution in [2.24, 2.45) is 0 Å². The van der Waals surface area contributed by atoms with Crippen molar-refractivity contribution in [2.45, 2.75) is 6.54 Å². The fourth-order valence-corrected chi connectivity index (χ4v) is 3.10. The molecule has 122 valence electrons. The third kappa shape index (κ3) is 3.56. The van der Waals surface area contributed by atoms with Crippen molar-refractivity contribution in [3.05, 3.63) is 74.0 Å². The van der Waals surface area contributed by atoms with Crippen molar-refractivity contribution in [1.29, 1.82) is 0 Å². The highest BCUT2D eigenvalue weighted by Gasteiger charge is 2.13. The summed E-state index contributed by atoms with van der Waals surface area (Å²) in [7, 11) is 1.64. The summed E-state index contributed by atoms with van der Waals surface area (Å²) in [4.78, 5) is 10.5. The molecule has 6 nitrogen and oxygen atoms in total. The normalized spacial score (nSPS) is 10.6. The van der Waals surface area contributed by atoms with Gasteiger partial charge in [-0.05, 0) is 40.3 Å². The van der Waals surface area contributed by atoms with Gasteiger partial charge in [-0.15, -0.1) is 0 Å². The number of ether oxygens (including phenoxy) is 1. The van der Waals surface area contributed by atoms with Crippen molar-refractivity contribution in [2.75, 3.05) is 7.11 Å². The van der Waals surface area contributed by atoms with Gasteiger partial charge in [0.05, 0.1) is 22.1 Å². The Kier molecular flexibility index (Phi) is 4.79. The van der Waals surface area contributed by atoms with Crippen molar-refractivity contribution >= 4 is 28.3 Å². The summed E-state index contributed by atoms with van der Waals surface area (Å²) in [5.74, 6) is 0.811. The van der Waals surface area contributed by atoms with Gasteiger partial charge in [-0.1, -0.05) is 24.3 Å². The Morgan fingerprint density at radius 3 is 2.67 bits per heavy atom. The average Bonchev–Trinajstić information content (AvgIpc) is 2.96. The van der Waals surface area contributed by atoms with Gasteiger partial charge in [0.15, 0.2) is 0 Å².